The number of nitriles is 1. The zero-order valence-electron chi connectivity index (χ0n) is 8.41. The Balaban J connectivity index is 2.82. The summed E-state index contributed by atoms with van der Waals surface area (Å²) in [5, 5.41) is 9.04. The normalized spacial score (nSPS) is 29.7. The molecule has 0 spiro atoms. The van der Waals surface area contributed by atoms with Crippen molar-refractivity contribution < 1.29 is 8.42 Å². The molecule has 1 unspecified atom stereocenters. The van der Waals surface area contributed by atoms with Gasteiger partial charge in [-0.3, -0.25) is 0 Å². The van der Waals surface area contributed by atoms with Gasteiger partial charge in [-0.05, 0) is 19.3 Å². The second kappa shape index (κ2) is 3.74. The molecule has 1 heterocycles. The van der Waals surface area contributed by atoms with E-state index in [1.54, 1.807) is 0 Å². The van der Waals surface area contributed by atoms with Crippen LogP contribution in [0.3, 0.4) is 0 Å². The molecular weight excluding hydrogens is 198 g/mol. The van der Waals surface area contributed by atoms with Crippen molar-refractivity contribution >= 4 is 9.84 Å². The van der Waals surface area contributed by atoms with Crippen LogP contribution in [-0.2, 0) is 9.84 Å². The van der Waals surface area contributed by atoms with Gasteiger partial charge in [-0.15, -0.1) is 0 Å². The summed E-state index contributed by atoms with van der Waals surface area (Å²) in [4.78, 5) is 0. The highest BCUT2D eigenvalue weighted by Gasteiger charge is 2.42. The van der Waals surface area contributed by atoms with Gasteiger partial charge < -0.3 is 0 Å². The number of rotatable bonds is 3. The molecular formula is C10H15NO2S. The molecule has 0 radical (unpaired) electrons. The second-order valence-electron chi connectivity index (χ2n) is 4.01. The van der Waals surface area contributed by atoms with E-state index in [1.165, 1.54) is 0 Å². The third-order valence-electron chi connectivity index (χ3n) is 2.71. The molecule has 0 saturated carbocycles. The molecule has 78 valence electrons. The van der Waals surface area contributed by atoms with Crippen molar-refractivity contribution in [3.05, 3.63) is 12.2 Å². The zero-order chi connectivity index (χ0) is 10.8. The molecule has 4 heteroatoms. The molecule has 0 aromatic rings. The summed E-state index contributed by atoms with van der Waals surface area (Å²) >= 11 is 0. The van der Waals surface area contributed by atoms with E-state index in [0.29, 0.717) is 12.8 Å². The van der Waals surface area contributed by atoms with Gasteiger partial charge in [0.2, 0.25) is 0 Å². The van der Waals surface area contributed by atoms with E-state index < -0.39 is 15.3 Å². The minimum atomic E-state index is -2.98. The molecule has 0 amide bonds. The zero-order valence-corrected chi connectivity index (χ0v) is 9.23. The van der Waals surface area contributed by atoms with Crippen LogP contribution >= 0.6 is 0 Å². The minimum absolute atomic E-state index is 0.00944. The van der Waals surface area contributed by atoms with Crippen molar-refractivity contribution in [2.24, 2.45) is 5.41 Å². The lowest BCUT2D eigenvalue weighted by Gasteiger charge is -2.19. The van der Waals surface area contributed by atoms with Crippen molar-refractivity contribution in [1.82, 2.24) is 0 Å². The van der Waals surface area contributed by atoms with Crippen LogP contribution in [0.2, 0.25) is 0 Å². The van der Waals surface area contributed by atoms with Crippen LogP contribution in [0, 0.1) is 16.7 Å². The SMILES string of the molecule is C=C(CC)CC1(C#N)CCS(=O)(=O)C1. The number of sulfone groups is 1. The van der Waals surface area contributed by atoms with Crippen LogP contribution in [0.15, 0.2) is 12.2 Å². The first-order valence-electron chi connectivity index (χ1n) is 4.71. The standard InChI is InChI=1S/C10H15NO2S/c1-3-9(2)6-10(7-11)4-5-14(12,13)8-10/h2-6,8H2,1H3. The number of hydrogen-bond acceptors (Lipinski definition) is 3. The Kier molecular flexibility index (Phi) is 3.01. The molecule has 1 rings (SSSR count). The smallest absolute Gasteiger partial charge is 0.151 e. The monoisotopic (exact) mass is 213 g/mol. The molecule has 0 aliphatic carbocycles. The first kappa shape index (κ1) is 11.3. The highest BCUT2D eigenvalue weighted by atomic mass is 32.2. The Morgan fingerprint density at radius 2 is 2.29 bits per heavy atom. The Bertz CT molecular complexity index is 377. The van der Waals surface area contributed by atoms with Crippen LogP contribution in [0.4, 0.5) is 0 Å². The van der Waals surface area contributed by atoms with Gasteiger partial charge >= 0.3 is 0 Å². The predicted octanol–water partition coefficient (Wildman–Crippen LogP) is 1.67. The lowest BCUT2D eigenvalue weighted by molar-refractivity contribution is 0.445. The Morgan fingerprint density at radius 1 is 1.64 bits per heavy atom. The van der Waals surface area contributed by atoms with Gasteiger partial charge in [0, 0.05) is 0 Å². The predicted molar refractivity (Wildman–Crippen MR) is 55.4 cm³/mol. The lowest BCUT2D eigenvalue weighted by atomic mass is 9.82. The molecule has 14 heavy (non-hydrogen) atoms. The quantitative estimate of drug-likeness (QED) is 0.670. The first-order chi connectivity index (χ1) is 6.43. The molecule has 0 aromatic carbocycles. The number of hydrogen-bond donors (Lipinski definition) is 0. The first-order valence-corrected chi connectivity index (χ1v) is 6.53. The van der Waals surface area contributed by atoms with Crippen LogP contribution in [0.5, 0.6) is 0 Å². The minimum Gasteiger partial charge on any atom is -0.229 e. The van der Waals surface area contributed by atoms with Crippen molar-refractivity contribution in [1.29, 1.82) is 5.26 Å². The van der Waals surface area contributed by atoms with E-state index in [2.05, 4.69) is 12.6 Å². The van der Waals surface area contributed by atoms with Crippen LogP contribution < -0.4 is 0 Å². The molecule has 0 N–H and O–H groups in total. The maximum atomic E-state index is 11.3. The molecule has 0 bridgehead atoms. The summed E-state index contributed by atoms with van der Waals surface area (Å²) in [6.07, 6.45) is 1.80. The number of allylic oxidation sites excluding steroid dienone is 1. The van der Waals surface area contributed by atoms with Crippen molar-refractivity contribution in [2.45, 2.75) is 26.2 Å². The fourth-order valence-corrected chi connectivity index (χ4v) is 3.79. The van der Waals surface area contributed by atoms with Crippen LogP contribution in [-0.4, -0.2) is 19.9 Å². The highest BCUT2D eigenvalue weighted by Crippen LogP contribution is 2.37. The van der Waals surface area contributed by atoms with Crippen LogP contribution in [0.25, 0.3) is 0 Å². The van der Waals surface area contributed by atoms with Crippen molar-refractivity contribution in [3.63, 3.8) is 0 Å². The fraction of sp³-hybridized carbons (Fsp3) is 0.700. The molecule has 1 fully saturated rings. The molecule has 0 aromatic heterocycles. The second-order valence-corrected chi connectivity index (χ2v) is 6.20. The molecule has 3 nitrogen and oxygen atoms in total. The summed E-state index contributed by atoms with van der Waals surface area (Å²) in [5.41, 5.74) is 0.273. The molecule has 1 aliphatic heterocycles. The third kappa shape index (κ3) is 2.36. The highest BCUT2D eigenvalue weighted by molar-refractivity contribution is 7.91. The third-order valence-corrected chi connectivity index (χ3v) is 4.53. The van der Waals surface area contributed by atoms with Crippen molar-refractivity contribution in [3.8, 4) is 6.07 Å². The van der Waals surface area contributed by atoms with E-state index in [9.17, 15) is 8.42 Å². The fourth-order valence-electron chi connectivity index (χ4n) is 1.79. The van der Waals surface area contributed by atoms with Gasteiger partial charge in [-0.2, -0.15) is 5.26 Å². The van der Waals surface area contributed by atoms with E-state index in [1.807, 2.05) is 6.92 Å². The van der Waals surface area contributed by atoms with Crippen molar-refractivity contribution in [2.75, 3.05) is 11.5 Å². The molecule has 1 saturated heterocycles. The van der Waals surface area contributed by atoms with E-state index in [-0.39, 0.29) is 11.5 Å². The Labute approximate surface area is 85.3 Å². The number of nitrogens with zero attached hydrogens (tertiary/aromatic N) is 1. The lowest BCUT2D eigenvalue weighted by Crippen LogP contribution is -2.20. The molecule has 1 aliphatic rings. The maximum Gasteiger partial charge on any atom is 0.151 e. The summed E-state index contributed by atoms with van der Waals surface area (Å²) < 4.78 is 22.6. The Morgan fingerprint density at radius 3 is 2.64 bits per heavy atom. The van der Waals surface area contributed by atoms with Gasteiger partial charge in [-0.25, -0.2) is 8.42 Å². The summed E-state index contributed by atoms with van der Waals surface area (Å²) in [7, 11) is -2.98. The summed E-state index contributed by atoms with van der Waals surface area (Å²) in [6, 6.07) is 2.16. The van der Waals surface area contributed by atoms with E-state index in [4.69, 9.17) is 5.26 Å². The van der Waals surface area contributed by atoms with Gasteiger partial charge in [-0.1, -0.05) is 19.1 Å². The summed E-state index contributed by atoms with van der Waals surface area (Å²) in [5.74, 6) is 0.160. The van der Waals surface area contributed by atoms with Gasteiger partial charge in [0.05, 0.1) is 23.0 Å². The summed E-state index contributed by atoms with van der Waals surface area (Å²) in [6.45, 7) is 5.80. The van der Waals surface area contributed by atoms with Gasteiger partial charge in [0.1, 0.15) is 0 Å². The average Bonchev–Trinajstić information content (AvgIpc) is 2.42. The Hall–Kier alpha value is -0.820. The van der Waals surface area contributed by atoms with Gasteiger partial charge in [0.25, 0.3) is 0 Å². The molecule has 1 atom stereocenters. The average molecular weight is 213 g/mol. The largest absolute Gasteiger partial charge is 0.229 e. The topological polar surface area (TPSA) is 57.9 Å². The van der Waals surface area contributed by atoms with Crippen LogP contribution in [0.1, 0.15) is 26.2 Å². The van der Waals surface area contributed by atoms with E-state index in [0.717, 1.165) is 12.0 Å². The maximum absolute atomic E-state index is 11.3. The van der Waals surface area contributed by atoms with E-state index >= 15 is 0 Å². The van der Waals surface area contributed by atoms with Gasteiger partial charge in [0.15, 0.2) is 9.84 Å².